The molecule has 1 atom stereocenters. The van der Waals surface area contributed by atoms with Gasteiger partial charge in [0.15, 0.2) is 0 Å². The number of methoxy groups -OCH3 is 2. The number of nitrogens with zero attached hydrogens (tertiary/aromatic N) is 1. The molecule has 0 spiro atoms. The van der Waals surface area contributed by atoms with Crippen LogP contribution in [0.15, 0.2) is 48.5 Å². The van der Waals surface area contributed by atoms with E-state index < -0.39 is 5.60 Å². The van der Waals surface area contributed by atoms with E-state index in [0.717, 1.165) is 35.6 Å². The average molecular weight is 436 g/mol. The molecule has 1 aliphatic heterocycles. The van der Waals surface area contributed by atoms with Crippen LogP contribution in [-0.2, 0) is 5.60 Å². The van der Waals surface area contributed by atoms with Gasteiger partial charge in [0.1, 0.15) is 17.1 Å². The van der Waals surface area contributed by atoms with Crippen molar-refractivity contribution in [1.82, 2.24) is 4.90 Å². The third-order valence-electron chi connectivity index (χ3n) is 5.59. The van der Waals surface area contributed by atoms with Gasteiger partial charge in [0.2, 0.25) is 0 Å². The van der Waals surface area contributed by atoms with Gasteiger partial charge in [-0.1, -0.05) is 30.7 Å². The first-order chi connectivity index (χ1) is 12.6. The summed E-state index contributed by atoms with van der Waals surface area (Å²) in [6, 6.07) is 15.9. The molecule has 0 radical (unpaired) electrons. The molecule has 3 rings (SSSR count). The van der Waals surface area contributed by atoms with Crippen molar-refractivity contribution in [2.24, 2.45) is 0 Å². The Kier molecular flexibility index (Phi) is 7.71. The van der Waals surface area contributed by atoms with E-state index in [-0.39, 0.29) is 17.0 Å². The minimum atomic E-state index is -1.05. The van der Waals surface area contributed by atoms with Crippen LogP contribution in [0.5, 0.6) is 11.5 Å². The molecule has 4 nitrogen and oxygen atoms in total. The van der Waals surface area contributed by atoms with Gasteiger partial charge in [0.25, 0.3) is 0 Å². The number of hydrogen-bond acceptors (Lipinski definition) is 4. The fraction of sp³-hybridized carbons (Fsp3) is 0.455. The van der Waals surface area contributed by atoms with Crippen LogP contribution >= 0.6 is 17.0 Å². The second-order valence-electron chi connectivity index (χ2n) is 7.15. The monoisotopic (exact) mass is 435 g/mol. The van der Waals surface area contributed by atoms with Crippen molar-refractivity contribution in [3.8, 4) is 11.5 Å². The first kappa shape index (κ1) is 21.7. The summed E-state index contributed by atoms with van der Waals surface area (Å²) < 4.78 is 10.6. The molecule has 27 heavy (non-hydrogen) atoms. The van der Waals surface area contributed by atoms with Gasteiger partial charge in [-0.3, -0.25) is 0 Å². The molecule has 1 aliphatic rings. The van der Waals surface area contributed by atoms with Crippen LogP contribution in [0.25, 0.3) is 0 Å². The number of benzene rings is 2. The van der Waals surface area contributed by atoms with Crippen LogP contribution in [0, 0.1) is 0 Å². The van der Waals surface area contributed by atoms with Crippen molar-refractivity contribution in [2.45, 2.75) is 37.3 Å². The molecule has 1 N–H and O–H groups in total. The fourth-order valence-corrected chi connectivity index (χ4v) is 3.88. The second kappa shape index (κ2) is 9.58. The molecular weight excluding hydrogens is 406 g/mol. The maximum atomic E-state index is 11.8. The third-order valence-corrected chi connectivity index (χ3v) is 5.59. The molecule has 5 heteroatoms. The number of piperidine rings is 1. The lowest BCUT2D eigenvalue weighted by atomic mass is 9.79. The third kappa shape index (κ3) is 4.84. The molecule has 1 heterocycles. The number of hydrogen-bond donors (Lipinski definition) is 1. The number of rotatable bonds is 6. The van der Waals surface area contributed by atoms with Gasteiger partial charge < -0.3 is 19.5 Å². The molecule has 1 unspecified atom stereocenters. The SMILES string of the molecule is Br.COc1ccc(C(O)(CC2CCCCN2C)c2ccc(OC)cc2)cc1. The summed E-state index contributed by atoms with van der Waals surface area (Å²) in [5.41, 5.74) is 0.735. The summed E-state index contributed by atoms with van der Waals surface area (Å²) in [5.74, 6) is 1.58. The highest BCUT2D eigenvalue weighted by atomic mass is 79.9. The normalized spacial score (nSPS) is 17.9. The Bertz CT molecular complexity index is 655. The molecule has 0 bridgehead atoms. The van der Waals surface area contributed by atoms with Crippen LogP contribution in [0.4, 0.5) is 0 Å². The Labute approximate surface area is 172 Å². The lowest BCUT2D eigenvalue weighted by Crippen LogP contribution is -2.42. The summed E-state index contributed by atoms with van der Waals surface area (Å²) in [5, 5.41) is 11.8. The number of aliphatic hydroxyl groups is 1. The van der Waals surface area contributed by atoms with E-state index in [2.05, 4.69) is 11.9 Å². The van der Waals surface area contributed by atoms with Crippen molar-refractivity contribution in [3.63, 3.8) is 0 Å². The van der Waals surface area contributed by atoms with E-state index in [9.17, 15) is 5.11 Å². The van der Waals surface area contributed by atoms with Crippen molar-refractivity contribution in [1.29, 1.82) is 0 Å². The van der Waals surface area contributed by atoms with Crippen molar-refractivity contribution < 1.29 is 14.6 Å². The second-order valence-corrected chi connectivity index (χ2v) is 7.15. The van der Waals surface area contributed by atoms with Gasteiger partial charge in [0.05, 0.1) is 14.2 Å². The van der Waals surface area contributed by atoms with E-state index in [1.165, 1.54) is 12.8 Å². The topological polar surface area (TPSA) is 41.9 Å². The largest absolute Gasteiger partial charge is 0.497 e. The van der Waals surface area contributed by atoms with Crippen LogP contribution in [0.2, 0.25) is 0 Å². The van der Waals surface area contributed by atoms with Gasteiger partial charge in [-0.25, -0.2) is 0 Å². The summed E-state index contributed by atoms with van der Waals surface area (Å²) in [4.78, 5) is 2.38. The summed E-state index contributed by atoms with van der Waals surface area (Å²) in [6.07, 6.45) is 4.24. The first-order valence-corrected chi connectivity index (χ1v) is 9.28. The van der Waals surface area contributed by atoms with E-state index in [1.807, 2.05) is 48.5 Å². The van der Waals surface area contributed by atoms with Gasteiger partial charge in [-0.05, 0) is 61.8 Å². The molecule has 0 saturated carbocycles. The molecule has 2 aromatic carbocycles. The predicted octanol–water partition coefficient (Wildman–Crippen LogP) is 4.39. The van der Waals surface area contributed by atoms with Crippen LogP contribution in [0.3, 0.4) is 0 Å². The summed E-state index contributed by atoms with van der Waals surface area (Å²) >= 11 is 0. The standard InChI is InChI=1S/C22H29NO3.BrH/c1-23-15-5-4-6-19(23)16-22(24,17-7-11-20(25-2)12-8-17)18-9-13-21(26-3)14-10-18;/h7-14,19,24H,4-6,15-16H2,1-3H3;1H. The Morgan fingerprint density at radius 2 is 1.41 bits per heavy atom. The molecule has 1 fully saturated rings. The van der Waals surface area contributed by atoms with Crippen molar-refractivity contribution >= 4 is 17.0 Å². The molecular formula is C22H30BrNO3. The molecule has 1 saturated heterocycles. The Morgan fingerprint density at radius 1 is 0.926 bits per heavy atom. The van der Waals surface area contributed by atoms with Gasteiger partial charge in [0, 0.05) is 12.5 Å². The Hall–Kier alpha value is -1.56. The zero-order chi connectivity index (χ0) is 18.6. The fourth-order valence-electron chi connectivity index (χ4n) is 3.88. The maximum Gasteiger partial charge on any atom is 0.118 e. The summed E-state index contributed by atoms with van der Waals surface area (Å²) in [7, 11) is 5.47. The minimum absolute atomic E-state index is 0. The van der Waals surface area contributed by atoms with E-state index in [0.29, 0.717) is 12.5 Å². The van der Waals surface area contributed by atoms with Gasteiger partial charge in [-0.15, -0.1) is 17.0 Å². The zero-order valence-electron chi connectivity index (χ0n) is 16.4. The van der Waals surface area contributed by atoms with Crippen LogP contribution in [-0.4, -0.2) is 43.9 Å². The van der Waals surface area contributed by atoms with E-state index >= 15 is 0 Å². The highest BCUT2D eigenvalue weighted by Gasteiger charge is 2.36. The average Bonchev–Trinajstić information content (AvgIpc) is 2.70. The van der Waals surface area contributed by atoms with Gasteiger partial charge >= 0.3 is 0 Å². The molecule has 0 aliphatic carbocycles. The van der Waals surface area contributed by atoms with E-state index in [4.69, 9.17) is 9.47 Å². The predicted molar refractivity (Wildman–Crippen MR) is 114 cm³/mol. The quantitative estimate of drug-likeness (QED) is 0.730. The molecule has 0 amide bonds. The minimum Gasteiger partial charge on any atom is -0.497 e. The number of halogens is 1. The molecule has 0 aromatic heterocycles. The number of likely N-dealkylation sites (tertiary alicyclic amines) is 1. The summed E-state index contributed by atoms with van der Waals surface area (Å²) in [6.45, 7) is 1.09. The Morgan fingerprint density at radius 3 is 1.81 bits per heavy atom. The van der Waals surface area contributed by atoms with Crippen LogP contribution in [0.1, 0.15) is 36.8 Å². The number of ether oxygens (including phenoxy) is 2. The van der Waals surface area contributed by atoms with E-state index in [1.54, 1.807) is 14.2 Å². The lowest BCUT2D eigenvalue weighted by molar-refractivity contribution is 0.0285. The highest BCUT2D eigenvalue weighted by Crippen LogP contribution is 2.38. The Balaban J connectivity index is 0.00000261. The first-order valence-electron chi connectivity index (χ1n) is 9.28. The maximum absolute atomic E-state index is 11.8. The zero-order valence-corrected chi connectivity index (χ0v) is 18.1. The lowest BCUT2D eigenvalue weighted by Gasteiger charge is -2.39. The van der Waals surface area contributed by atoms with Crippen LogP contribution < -0.4 is 9.47 Å². The molecule has 2 aromatic rings. The van der Waals surface area contributed by atoms with Crippen molar-refractivity contribution in [2.75, 3.05) is 27.8 Å². The van der Waals surface area contributed by atoms with Gasteiger partial charge in [-0.2, -0.15) is 0 Å². The smallest absolute Gasteiger partial charge is 0.118 e. The highest BCUT2D eigenvalue weighted by molar-refractivity contribution is 8.93. The molecule has 148 valence electrons. The van der Waals surface area contributed by atoms with Crippen molar-refractivity contribution in [3.05, 3.63) is 59.7 Å².